The molecule has 14 heteroatoms. The number of pyridine rings is 2. The molecule has 0 saturated carbocycles. The van der Waals surface area contributed by atoms with Crippen molar-refractivity contribution in [2.45, 2.75) is 85.7 Å². The van der Waals surface area contributed by atoms with Crippen LogP contribution in [-0.2, 0) is 33.8 Å². The fourth-order valence-electron chi connectivity index (χ4n) is 7.42. The minimum absolute atomic E-state index is 0.0492. The Bertz CT molecular complexity index is 2040. The average Bonchev–Trinajstić information content (AvgIpc) is 3.54. The van der Waals surface area contributed by atoms with Gasteiger partial charge in [-0.1, -0.05) is 101 Å². The molecule has 2 aromatic heterocycles. The Labute approximate surface area is 353 Å². The van der Waals surface area contributed by atoms with Gasteiger partial charge in [-0.05, 0) is 59.6 Å². The van der Waals surface area contributed by atoms with Gasteiger partial charge in [0.25, 0.3) is 0 Å². The van der Waals surface area contributed by atoms with E-state index in [-0.39, 0.29) is 50.3 Å². The number of carbonyl (C=O) groups excluding carboxylic acids is 4. The third-order valence-corrected chi connectivity index (χ3v) is 10.4. The maximum atomic E-state index is 14.6. The Kier molecular flexibility index (Phi) is 15.4. The number of alkyl carbamates (subject to hydrolysis) is 1. The summed E-state index contributed by atoms with van der Waals surface area (Å²) < 4.78 is 4.71. The van der Waals surface area contributed by atoms with Gasteiger partial charge in [0.1, 0.15) is 6.04 Å². The molecule has 3 heterocycles. The summed E-state index contributed by atoms with van der Waals surface area (Å²) in [7, 11) is 1.28. The van der Waals surface area contributed by atoms with Gasteiger partial charge < -0.3 is 30.3 Å². The number of hydrazine groups is 1. The second-order valence-electron chi connectivity index (χ2n) is 17.3. The summed E-state index contributed by atoms with van der Waals surface area (Å²) in [4.78, 5) is 66.3. The van der Waals surface area contributed by atoms with E-state index in [2.05, 4.69) is 26.0 Å². The van der Waals surface area contributed by atoms with Gasteiger partial charge in [0, 0.05) is 56.6 Å². The van der Waals surface area contributed by atoms with Crippen LogP contribution in [0.3, 0.4) is 0 Å². The molecule has 1 saturated heterocycles. The molecule has 3 unspecified atom stereocenters. The molecule has 1 aliphatic heterocycles. The molecule has 0 spiro atoms. The van der Waals surface area contributed by atoms with Crippen LogP contribution in [0.15, 0.2) is 97.2 Å². The van der Waals surface area contributed by atoms with Crippen molar-refractivity contribution < 1.29 is 29.0 Å². The van der Waals surface area contributed by atoms with Crippen LogP contribution in [0, 0.1) is 17.8 Å². The number of ether oxygens (including phenoxy) is 1. The second kappa shape index (κ2) is 20.4. The molecule has 0 bridgehead atoms. The number of aryl methyl sites for hydroxylation is 1. The van der Waals surface area contributed by atoms with Crippen LogP contribution in [0.2, 0.25) is 0 Å². The highest BCUT2D eigenvalue weighted by Crippen LogP contribution is 2.29. The molecule has 4 aromatic rings. The molecular formula is C46H60N8O6. The highest BCUT2D eigenvalue weighted by Gasteiger charge is 2.44. The number of aromatic nitrogens is 2. The van der Waals surface area contributed by atoms with Crippen LogP contribution in [0.25, 0.3) is 11.3 Å². The van der Waals surface area contributed by atoms with Crippen LogP contribution in [0.4, 0.5) is 9.59 Å². The first kappa shape index (κ1) is 45.2. The van der Waals surface area contributed by atoms with Crippen molar-refractivity contribution in [1.29, 1.82) is 0 Å². The Balaban J connectivity index is 1.38. The first-order chi connectivity index (χ1) is 28.5. The molecule has 320 valence electrons. The minimum Gasteiger partial charge on any atom is -0.453 e. The van der Waals surface area contributed by atoms with Gasteiger partial charge in [0.2, 0.25) is 11.8 Å². The van der Waals surface area contributed by atoms with E-state index in [1.807, 2.05) is 133 Å². The molecule has 60 heavy (non-hydrogen) atoms. The lowest BCUT2D eigenvalue weighted by molar-refractivity contribution is -0.132. The predicted molar refractivity (Wildman–Crippen MR) is 230 cm³/mol. The number of carbonyl (C=O) groups is 4. The maximum absolute atomic E-state index is 14.6. The Hall–Kier alpha value is -5.86. The predicted octanol–water partition coefficient (Wildman–Crippen LogP) is 5.50. The molecule has 1 fully saturated rings. The molecular weight excluding hydrogens is 761 g/mol. The van der Waals surface area contributed by atoms with Crippen LogP contribution >= 0.6 is 0 Å². The third kappa shape index (κ3) is 13.1. The summed E-state index contributed by atoms with van der Waals surface area (Å²) in [5.74, 6) is -0.703. The SMILES string of the molecule is COC(=O)NCC(C)(C)CC(=O)NN(Cc1ccc(-c2ccccn2)cc1)CC(O)C(Cc1ccccc1)NC(=O)C(N1CCN(Cc2cccc(C)n2)C1=O)C(C)(C)C. The fourth-order valence-corrected chi connectivity index (χ4v) is 7.42. The summed E-state index contributed by atoms with van der Waals surface area (Å²) in [5.41, 5.74) is 6.86. The fraction of sp³-hybridized carbons (Fsp3) is 0.435. The monoisotopic (exact) mass is 820 g/mol. The number of aliphatic hydroxyl groups excluding tert-OH is 1. The minimum atomic E-state index is -1.17. The van der Waals surface area contributed by atoms with Crippen LogP contribution < -0.4 is 16.1 Å². The lowest BCUT2D eigenvalue weighted by Gasteiger charge is -2.38. The Morgan fingerprint density at radius 1 is 0.900 bits per heavy atom. The molecule has 14 nitrogen and oxygen atoms in total. The molecule has 0 radical (unpaired) electrons. The Morgan fingerprint density at radius 2 is 1.62 bits per heavy atom. The van der Waals surface area contributed by atoms with Crippen LogP contribution in [0.5, 0.6) is 0 Å². The second-order valence-corrected chi connectivity index (χ2v) is 17.3. The van der Waals surface area contributed by atoms with E-state index in [4.69, 9.17) is 4.74 Å². The molecule has 3 atom stereocenters. The lowest BCUT2D eigenvalue weighted by atomic mass is 9.84. The van der Waals surface area contributed by atoms with E-state index in [0.717, 1.165) is 33.8 Å². The van der Waals surface area contributed by atoms with Crippen molar-refractivity contribution >= 4 is 23.9 Å². The number of methoxy groups -OCH3 is 1. The summed E-state index contributed by atoms with van der Waals surface area (Å²) in [6, 6.07) is 26.9. The summed E-state index contributed by atoms with van der Waals surface area (Å²) in [6.45, 7) is 12.9. The standard InChI is InChI=1S/C46H60N8O6/c1-32-14-13-17-36(49-32)29-52-24-25-54(44(52)59)41(45(2,3)4)42(57)50-38(26-33-15-9-8-10-16-33)39(55)30-53(51-40(56)27-46(5,6)31-48-43(58)60-7)28-34-19-21-35(22-20-34)37-18-11-12-23-47-37/h8-23,38-39,41,55H,24-31H2,1-7H3,(H,48,58)(H,50,57)(H,51,56). The van der Waals surface area contributed by atoms with E-state index >= 15 is 0 Å². The molecule has 0 aliphatic carbocycles. The molecule has 4 N–H and O–H groups in total. The van der Waals surface area contributed by atoms with Crippen molar-refractivity contribution in [1.82, 2.24) is 40.8 Å². The summed E-state index contributed by atoms with van der Waals surface area (Å²) in [6.07, 6.45) is 0.320. The van der Waals surface area contributed by atoms with Gasteiger partial charge in [-0.3, -0.25) is 25.0 Å². The topological polar surface area (TPSA) is 169 Å². The van der Waals surface area contributed by atoms with Crippen molar-refractivity contribution in [3.05, 3.63) is 120 Å². The van der Waals surface area contributed by atoms with E-state index in [1.54, 1.807) is 21.0 Å². The first-order valence-electron chi connectivity index (χ1n) is 20.4. The van der Waals surface area contributed by atoms with Crippen molar-refractivity contribution in [2.24, 2.45) is 10.8 Å². The molecule has 5 rings (SSSR count). The number of urea groups is 1. The van der Waals surface area contributed by atoms with Crippen LogP contribution in [0.1, 0.15) is 63.6 Å². The lowest BCUT2D eigenvalue weighted by Crippen LogP contribution is -2.59. The highest BCUT2D eigenvalue weighted by molar-refractivity contribution is 5.89. The van der Waals surface area contributed by atoms with Crippen LogP contribution in [-0.4, -0.2) is 105 Å². The van der Waals surface area contributed by atoms with E-state index in [0.29, 0.717) is 19.6 Å². The number of hydrogen-bond donors (Lipinski definition) is 4. The van der Waals surface area contributed by atoms with Gasteiger partial charge in [-0.2, -0.15) is 0 Å². The van der Waals surface area contributed by atoms with Gasteiger partial charge in [-0.15, -0.1) is 0 Å². The maximum Gasteiger partial charge on any atom is 0.406 e. The van der Waals surface area contributed by atoms with Crippen molar-refractivity contribution in [3.8, 4) is 11.3 Å². The zero-order valence-corrected chi connectivity index (χ0v) is 35.9. The number of nitrogens with zero attached hydrogens (tertiary/aromatic N) is 5. The number of amides is 5. The zero-order valence-electron chi connectivity index (χ0n) is 35.9. The third-order valence-electron chi connectivity index (χ3n) is 10.4. The summed E-state index contributed by atoms with van der Waals surface area (Å²) >= 11 is 0. The Morgan fingerprint density at radius 3 is 2.27 bits per heavy atom. The quantitative estimate of drug-likeness (QED) is 0.0948. The van der Waals surface area contributed by atoms with Gasteiger partial charge in [-0.25, -0.2) is 14.6 Å². The number of hydrogen-bond acceptors (Lipinski definition) is 9. The van der Waals surface area contributed by atoms with Gasteiger partial charge in [0.15, 0.2) is 0 Å². The van der Waals surface area contributed by atoms with E-state index in [9.17, 15) is 24.3 Å². The van der Waals surface area contributed by atoms with Crippen molar-refractivity contribution in [3.63, 3.8) is 0 Å². The zero-order chi connectivity index (χ0) is 43.5. The molecule has 2 aromatic carbocycles. The summed E-state index contributed by atoms with van der Waals surface area (Å²) in [5, 5.41) is 19.6. The number of rotatable bonds is 18. The molecule has 1 aliphatic rings. The highest BCUT2D eigenvalue weighted by atomic mass is 16.5. The number of benzene rings is 2. The van der Waals surface area contributed by atoms with Gasteiger partial charge in [0.05, 0.1) is 37.2 Å². The number of aliphatic hydroxyl groups is 1. The number of nitrogens with one attached hydrogen (secondary N) is 3. The normalized spacial score (nSPS) is 14.7. The van der Waals surface area contributed by atoms with E-state index < -0.39 is 35.1 Å². The van der Waals surface area contributed by atoms with Crippen molar-refractivity contribution in [2.75, 3.05) is 33.3 Å². The first-order valence-corrected chi connectivity index (χ1v) is 20.4. The average molecular weight is 821 g/mol. The van der Waals surface area contributed by atoms with E-state index in [1.165, 1.54) is 7.11 Å². The largest absolute Gasteiger partial charge is 0.453 e. The molecule has 5 amide bonds. The smallest absolute Gasteiger partial charge is 0.406 e. The van der Waals surface area contributed by atoms with Gasteiger partial charge >= 0.3 is 12.1 Å².